The molecule has 0 radical (unpaired) electrons. The van der Waals surface area contributed by atoms with Crippen molar-refractivity contribution in [2.45, 2.75) is 70.8 Å². The van der Waals surface area contributed by atoms with Gasteiger partial charge in [0.25, 0.3) is 0 Å². The fraction of sp³-hybridized carbons (Fsp3) is 0.542. The number of aryl methyl sites for hydroxylation is 1. The summed E-state index contributed by atoms with van der Waals surface area (Å²) in [4.78, 5) is 10.7. The molecule has 1 unspecified atom stereocenters. The van der Waals surface area contributed by atoms with Crippen LogP contribution in [0.1, 0.15) is 69.4 Å². The molecular weight excluding hydrogens is 359 g/mol. The van der Waals surface area contributed by atoms with Crippen molar-refractivity contribution in [1.29, 1.82) is 0 Å². The number of aliphatic carboxylic acids is 1. The fourth-order valence-electron chi connectivity index (χ4n) is 4.40. The number of allylic oxidation sites excluding steroid dienone is 2. The van der Waals surface area contributed by atoms with Crippen molar-refractivity contribution in [3.63, 3.8) is 0 Å². The second-order valence-corrected chi connectivity index (χ2v) is 7.88. The standard InChI is InChI=1S/C24H30O3.Na/c1-3-4-8-17(2)9-5-10-18-15-16-21-23(18)20-13-6-11-19(24(20)27-21)12-7-14-22(25)26;/h5-6,10-11,13,17-18,21,23H,7-9,12,14-16H2,1-2H3,(H,25,26);/q;+1/p-1/b10-5+;/t17?,18-,21-,23-;/m0./s1. The summed E-state index contributed by atoms with van der Waals surface area (Å²) < 4.78 is 6.32. The quantitative estimate of drug-likeness (QED) is 0.380. The summed E-state index contributed by atoms with van der Waals surface area (Å²) in [5.41, 5.74) is 2.45. The molecule has 0 saturated heterocycles. The Hall–Kier alpha value is -1.21. The summed E-state index contributed by atoms with van der Waals surface area (Å²) in [5, 5.41) is 10.7. The van der Waals surface area contributed by atoms with Gasteiger partial charge in [0.15, 0.2) is 0 Å². The first kappa shape index (κ1) is 23.1. The Balaban J connectivity index is 0.00000280. The Bertz CT molecular complexity index is 759. The molecule has 1 aromatic carbocycles. The first-order valence-corrected chi connectivity index (χ1v) is 10.1. The number of fused-ring (bicyclic) bond motifs is 3. The van der Waals surface area contributed by atoms with E-state index in [1.807, 2.05) is 6.92 Å². The van der Waals surface area contributed by atoms with Crippen LogP contribution >= 0.6 is 0 Å². The summed E-state index contributed by atoms with van der Waals surface area (Å²) >= 11 is 0. The van der Waals surface area contributed by atoms with Crippen molar-refractivity contribution < 1.29 is 44.2 Å². The van der Waals surface area contributed by atoms with Gasteiger partial charge in [0.2, 0.25) is 0 Å². The number of carbonyl (C=O) groups excluding carboxylic acids is 1. The molecule has 4 heteroatoms. The monoisotopic (exact) mass is 388 g/mol. The fourth-order valence-corrected chi connectivity index (χ4v) is 4.40. The molecule has 0 N–H and O–H groups in total. The zero-order valence-electron chi connectivity index (χ0n) is 17.4. The van der Waals surface area contributed by atoms with Gasteiger partial charge in [-0.15, -0.1) is 11.8 Å². The van der Waals surface area contributed by atoms with E-state index >= 15 is 0 Å². The van der Waals surface area contributed by atoms with Crippen LogP contribution in [0.2, 0.25) is 0 Å². The smallest absolute Gasteiger partial charge is 0.550 e. The number of hydrogen-bond acceptors (Lipinski definition) is 3. The van der Waals surface area contributed by atoms with Crippen LogP contribution in [-0.2, 0) is 11.2 Å². The number of carbonyl (C=O) groups is 1. The number of para-hydroxylation sites is 1. The number of carboxylic acids is 1. The molecule has 0 aromatic heterocycles. The van der Waals surface area contributed by atoms with Crippen molar-refractivity contribution in [3.8, 4) is 17.6 Å². The van der Waals surface area contributed by atoms with Crippen LogP contribution in [0.4, 0.5) is 0 Å². The number of ether oxygens (including phenoxy) is 1. The van der Waals surface area contributed by atoms with Crippen LogP contribution in [0.5, 0.6) is 5.75 Å². The van der Waals surface area contributed by atoms with E-state index in [2.05, 4.69) is 49.1 Å². The molecule has 2 aliphatic rings. The molecule has 1 aromatic rings. The molecule has 0 bridgehead atoms. The van der Waals surface area contributed by atoms with Crippen LogP contribution in [0, 0.1) is 23.7 Å². The Morgan fingerprint density at radius 2 is 2.21 bits per heavy atom. The predicted molar refractivity (Wildman–Crippen MR) is 105 cm³/mol. The van der Waals surface area contributed by atoms with E-state index in [1.165, 1.54) is 12.0 Å². The number of benzene rings is 1. The van der Waals surface area contributed by atoms with E-state index in [1.54, 1.807) is 0 Å². The van der Waals surface area contributed by atoms with E-state index < -0.39 is 5.97 Å². The first-order chi connectivity index (χ1) is 13.1. The minimum Gasteiger partial charge on any atom is -0.550 e. The second-order valence-electron chi connectivity index (χ2n) is 7.88. The second kappa shape index (κ2) is 11.1. The third-order valence-corrected chi connectivity index (χ3v) is 5.78. The molecule has 144 valence electrons. The van der Waals surface area contributed by atoms with Gasteiger partial charge in [0.1, 0.15) is 11.9 Å². The maximum absolute atomic E-state index is 10.7. The summed E-state index contributed by atoms with van der Waals surface area (Å²) in [7, 11) is 0. The minimum atomic E-state index is -0.982. The first-order valence-electron chi connectivity index (χ1n) is 10.1. The predicted octanol–water partition coefficient (Wildman–Crippen LogP) is 1.01. The average molecular weight is 388 g/mol. The average Bonchev–Trinajstić information content (AvgIpc) is 3.20. The molecule has 1 fully saturated rings. The van der Waals surface area contributed by atoms with Crippen molar-refractivity contribution in [1.82, 2.24) is 0 Å². The molecule has 1 saturated carbocycles. The number of carboxylic acid groups (broad SMARTS) is 1. The van der Waals surface area contributed by atoms with E-state index in [0.717, 1.165) is 37.0 Å². The molecular formula is C24H29NaO3. The van der Waals surface area contributed by atoms with Gasteiger partial charge in [0, 0.05) is 23.9 Å². The number of rotatable bonds is 8. The Morgan fingerprint density at radius 1 is 1.39 bits per heavy atom. The molecule has 1 aliphatic heterocycles. The summed E-state index contributed by atoms with van der Waals surface area (Å²) in [6.07, 6.45) is 10.7. The van der Waals surface area contributed by atoms with Crippen LogP contribution < -0.4 is 39.4 Å². The van der Waals surface area contributed by atoms with Crippen LogP contribution in [-0.4, -0.2) is 12.1 Å². The molecule has 28 heavy (non-hydrogen) atoms. The van der Waals surface area contributed by atoms with Crippen LogP contribution in [0.15, 0.2) is 30.4 Å². The van der Waals surface area contributed by atoms with E-state index in [4.69, 9.17) is 4.74 Å². The maximum atomic E-state index is 10.7. The topological polar surface area (TPSA) is 49.4 Å². The van der Waals surface area contributed by atoms with Crippen molar-refractivity contribution in [3.05, 3.63) is 41.5 Å². The van der Waals surface area contributed by atoms with Crippen LogP contribution in [0.25, 0.3) is 0 Å². The van der Waals surface area contributed by atoms with Crippen molar-refractivity contribution >= 4 is 5.97 Å². The largest absolute Gasteiger partial charge is 1.00 e. The Labute approximate surface area is 191 Å². The molecule has 3 nitrogen and oxygen atoms in total. The Morgan fingerprint density at radius 3 is 2.96 bits per heavy atom. The van der Waals surface area contributed by atoms with E-state index in [0.29, 0.717) is 24.2 Å². The van der Waals surface area contributed by atoms with Crippen LogP contribution in [0.3, 0.4) is 0 Å². The normalized spacial score (nSPS) is 23.1. The zero-order valence-corrected chi connectivity index (χ0v) is 19.4. The molecule has 1 heterocycles. The third-order valence-electron chi connectivity index (χ3n) is 5.78. The Kier molecular flexibility index (Phi) is 9.15. The molecule has 4 atom stereocenters. The van der Waals surface area contributed by atoms with Gasteiger partial charge in [-0.05, 0) is 62.8 Å². The molecule has 0 amide bonds. The summed E-state index contributed by atoms with van der Waals surface area (Å²) in [5.74, 6) is 7.71. The van der Waals surface area contributed by atoms with Gasteiger partial charge in [-0.3, -0.25) is 0 Å². The van der Waals surface area contributed by atoms with Gasteiger partial charge in [-0.1, -0.05) is 37.3 Å². The van der Waals surface area contributed by atoms with E-state index in [-0.39, 0.29) is 42.1 Å². The van der Waals surface area contributed by atoms with E-state index in [9.17, 15) is 9.90 Å². The summed E-state index contributed by atoms with van der Waals surface area (Å²) in [6, 6.07) is 6.34. The van der Waals surface area contributed by atoms with Gasteiger partial charge in [-0.2, -0.15) is 0 Å². The van der Waals surface area contributed by atoms with Crippen molar-refractivity contribution in [2.24, 2.45) is 11.8 Å². The van der Waals surface area contributed by atoms with Gasteiger partial charge in [0.05, 0.1) is 0 Å². The maximum Gasteiger partial charge on any atom is 1.00 e. The van der Waals surface area contributed by atoms with Gasteiger partial charge in [-0.25, -0.2) is 0 Å². The van der Waals surface area contributed by atoms with Gasteiger partial charge >= 0.3 is 29.6 Å². The minimum absolute atomic E-state index is 0. The molecule has 1 aliphatic carbocycles. The molecule has 3 rings (SSSR count). The third kappa shape index (κ3) is 5.66. The van der Waals surface area contributed by atoms with Crippen molar-refractivity contribution in [2.75, 3.05) is 0 Å². The molecule has 0 spiro atoms. The summed E-state index contributed by atoms with van der Waals surface area (Å²) in [6.45, 7) is 4.14. The zero-order chi connectivity index (χ0) is 19.2. The SMILES string of the molecule is CC#CCC(C)C/C=C/[C@H]1CC[C@@H]2Oc3c(CCCC(=O)[O-])cccc3[C@@H]21.[Na+]. The van der Waals surface area contributed by atoms with Gasteiger partial charge < -0.3 is 14.6 Å². The number of hydrogen-bond donors (Lipinski definition) is 0.